The molecule has 0 bridgehead atoms. The van der Waals surface area contributed by atoms with Crippen LogP contribution in [0.1, 0.15) is 45.5 Å². The van der Waals surface area contributed by atoms with Crippen molar-refractivity contribution in [3.05, 3.63) is 72.4 Å². The van der Waals surface area contributed by atoms with E-state index < -0.39 is 5.91 Å². The van der Waals surface area contributed by atoms with Crippen LogP contribution in [0.15, 0.2) is 55.7 Å². The zero-order valence-electron chi connectivity index (χ0n) is 21.1. The first-order chi connectivity index (χ1) is 17.9. The molecule has 0 aliphatic rings. The molecule has 0 fully saturated rings. The summed E-state index contributed by atoms with van der Waals surface area (Å²) in [5.74, 6) is 0.168. The third kappa shape index (κ3) is 8.49. The van der Waals surface area contributed by atoms with Crippen molar-refractivity contribution in [2.75, 3.05) is 24.3 Å². The SMILES string of the molecule is C=CCCC(CCNC=C)N/C=C(\C=N)Nc1ncc(C=O)c(Nc2c(C)cc(C(N)=O)cc2OC)n1. The number of primary amides is 1. The van der Waals surface area contributed by atoms with Gasteiger partial charge in [-0.2, -0.15) is 4.98 Å². The number of nitrogens with one attached hydrogen (secondary N) is 5. The van der Waals surface area contributed by atoms with Crippen LogP contribution < -0.4 is 31.7 Å². The first-order valence-corrected chi connectivity index (χ1v) is 11.6. The summed E-state index contributed by atoms with van der Waals surface area (Å²) in [6.07, 6.45) is 10.9. The molecule has 1 heterocycles. The van der Waals surface area contributed by atoms with Crippen LogP contribution in [-0.2, 0) is 0 Å². The van der Waals surface area contributed by atoms with Crippen LogP contribution >= 0.6 is 0 Å². The van der Waals surface area contributed by atoms with E-state index in [4.69, 9.17) is 15.9 Å². The van der Waals surface area contributed by atoms with Gasteiger partial charge in [-0.3, -0.25) is 9.59 Å². The average Bonchev–Trinajstić information content (AvgIpc) is 2.90. The molecule has 1 unspecified atom stereocenters. The number of amides is 1. The predicted octanol–water partition coefficient (Wildman–Crippen LogP) is 3.40. The number of aldehydes is 1. The van der Waals surface area contributed by atoms with E-state index in [1.807, 2.05) is 6.08 Å². The average molecular weight is 507 g/mol. The minimum absolute atomic E-state index is 0.150. The van der Waals surface area contributed by atoms with Crippen LogP contribution in [0.5, 0.6) is 5.75 Å². The van der Waals surface area contributed by atoms with Gasteiger partial charge in [-0.15, -0.1) is 6.58 Å². The zero-order valence-corrected chi connectivity index (χ0v) is 21.1. The maximum atomic E-state index is 11.7. The largest absolute Gasteiger partial charge is 0.495 e. The lowest BCUT2D eigenvalue weighted by Crippen LogP contribution is -2.28. The van der Waals surface area contributed by atoms with E-state index in [1.165, 1.54) is 19.4 Å². The van der Waals surface area contributed by atoms with Crippen LogP contribution in [0.25, 0.3) is 0 Å². The van der Waals surface area contributed by atoms with E-state index in [0.717, 1.165) is 32.0 Å². The topological polar surface area (TPSA) is 167 Å². The summed E-state index contributed by atoms with van der Waals surface area (Å²) in [6, 6.07) is 3.27. The fourth-order valence-electron chi connectivity index (χ4n) is 3.41. The predicted molar refractivity (Wildman–Crippen MR) is 147 cm³/mol. The summed E-state index contributed by atoms with van der Waals surface area (Å²) in [5, 5.41) is 20.3. The second-order valence-electron chi connectivity index (χ2n) is 8.02. The van der Waals surface area contributed by atoms with E-state index in [2.05, 4.69) is 44.4 Å². The van der Waals surface area contributed by atoms with Gasteiger partial charge in [0.05, 0.1) is 24.1 Å². The van der Waals surface area contributed by atoms with Crippen molar-refractivity contribution in [2.24, 2.45) is 5.73 Å². The Morgan fingerprint density at radius 3 is 2.70 bits per heavy atom. The number of nitrogens with two attached hydrogens (primary N) is 1. The zero-order chi connectivity index (χ0) is 27.2. The Morgan fingerprint density at radius 1 is 1.30 bits per heavy atom. The first-order valence-electron chi connectivity index (χ1n) is 11.6. The molecule has 0 radical (unpaired) electrons. The van der Waals surface area contributed by atoms with Crippen molar-refractivity contribution < 1.29 is 14.3 Å². The molecule has 7 N–H and O–H groups in total. The molecule has 0 saturated heterocycles. The molecule has 2 aromatic rings. The van der Waals surface area contributed by atoms with Gasteiger partial charge in [-0.1, -0.05) is 12.7 Å². The molecule has 1 atom stereocenters. The standard InChI is InChI=1S/C26H34N8O3/c1-5-7-8-20(9-10-29-6-2)30-15-21(13-27)32-26-31-14-19(16-35)25(34-26)33-23-17(3)11-18(24(28)36)12-22(23)37-4/h5-6,11-16,20,27,29-30H,1-2,7-10H2,3-4H3,(H2,28,36)(H2,31,32,33,34)/b21-15+,27-13?. The van der Waals surface area contributed by atoms with Gasteiger partial charge >= 0.3 is 0 Å². The minimum atomic E-state index is -0.585. The van der Waals surface area contributed by atoms with Gasteiger partial charge in [0.15, 0.2) is 6.29 Å². The number of carbonyl (C=O) groups is 2. The summed E-state index contributed by atoms with van der Waals surface area (Å²) in [6.45, 7) is 9.97. The number of hydrogen-bond acceptors (Lipinski definition) is 10. The Kier molecular flexibility index (Phi) is 11.3. The first kappa shape index (κ1) is 28.6. The van der Waals surface area contributed by atoms with E-state index in [0.29, 0.717) is 34.5 Å². The highest BCUT2D eigenvalue weighted by atomic mass is 16.5. The lowest BCUT2D eigenvalue weighted by atomic mass is 10.1. The molecule has 0 spiro atoms. The van der Waals surface area contributed by atoms with Crippen LogP contribution in [0.4, 0.5) is 17.5 Å². The molecule has 11 heteroatoms. The molecule has 0 aliphatic heterocycles. The number of aromatic nitrogens is 2. The minimum Gasteiger partial charge on any atom is -0.495 e. The van der Waals surface area contributed by atoms with Gasteiger partial charge in [0.2, 0.25) is 11.9 Å². The number of allylic oxidation sites excluding steroid dienone is 2. The van der Waals surface area contributed by atoms with Crippen molar-refractivity contribution in [1.82, 2.24) is 20.6 Å². The lowest BCUT2D eigenvalue weighted by Gasteiger charge is -2.18. The highest BCUT2D eigenvalue weighted by Crippen LogP contribution is 2.33. The number of ether oxygens (including phenoxy) is 1. The third-order valence-corrected chi connectivity index (χ3v) is 5.38. The van der Waals surface area contributed by atoms with E-state index in [9.17, 15) is 9.59 Å². The van der Waals surface area contributed by atoms with E-state index in [1.54, 1.807) is 25.4 Å². The van der Waals surface area contributed by atoms with Crippen molar-refractivity contribution in [2.45, 2.75) is 32.2 Å². The summed E-state index contributed by atoms with van der Waals surface area (Å²) >= 11 is 0. The molecule has 37 heavy (non-hydrogen) atoms. The van der Waals surface area contributed by atoms with Gasteiger partial charge < -0.3 is 37.1 Å². The lowest BCUT2D eigenvalue weighted by molar-refractivity contribution is 0.0999. The molecule has 1 amide bonds. The summed E-state index contributed by atoms with van der Waals surface area (Å²) in [7, 11) is 1.46. The van der Waals surface area contributed by atoms with Crippen LogP contribution in [0, 0.1) is 12.3 Å². The van der Waals surface area contributed by atoms with Gasteiger partial charge in [-0.05, 0) is 50.1 Å². The molecule has 0 saturated carbocycles. The molecule has 196 valence electrons. The van der Waals surface area contributed by atoms with Crippen molar-refractivity contribution in [3.63, 3.8) is 0 Å². The third-order valence-electron chi connectivity index (χ3n) is 5.38. The number of methoxy groups -OCH3 is 1. The molecular weight excluding hydrogens is 472 g/mol. The number of nitrogens with zero attached hydrogens (tertiary/aromatic N) is 2. The Morgan fingerprint density at radius 2 is 2.08 bits per heavy atom. The highest BCUT2D eigenvalue weighted by molar-refractivity contribution is 5.95. The Hall–Kier alpha value is -4.67. The van der Waals surface area contributed by atoms with E-state index in [-0.39, 0.29) is 23.4 Å². The summed E-state index contributed by atoms with van der Waals surface area (Å²) in [5.41, 5.74) is 7.51. The van der Waals surface area contributed by atoms with Crippen LogP contribution in [0.3, 0.4) is 0 Å². The number of rotatable bonds is 17. The van der Waals surface area contributed by atoms with Gasteiger partial charge in [0.1, 0.15) is 11.6 Å². The molecular formula is C26H34N8O3. The van der Waals surface area contributed by atoms with Gasteiger partial charge in [-0.25, -0.2) is 4.98 Å². The fraction of sp³-hybridized carbons (Fsp3) is 0.269. The van der Waals surface area contributed by atoms with Crippen LogP contribution in [0.2, 0.25) is 0 Å². The Balaban J connectivity index is 2.28. The maximum Gasteiger partial charge on any atom is 0.248 e. The normalized spacial score (nSPS) is 11.6. The second-order valence-corrected chi connectivity index (χ2v) is 8.02. The Bertz CT molecular complexity index is 1160. The van der Waals surface area contributed by atoms with Gasteiger partial charge in [0, 0.05) is 36.8 Å². The maximum absolute atomic E-state index is 11.7. The Labute approximate surface area is 216 Å². The molecule has 1 aromatic carbocycles. The molecule has 2 rings (SSSR count). The number of benzene rings is 1. The molecule has 0 aliphatic carbocycles. The smallest absolute Gasteiger partial charge is 0.248 e. The van der Waals surface area contributed by atoms with Crippen LogP contribution in [-0.4, -0.2) is 48.1 Å². The number of aryl methyl sites for hydroxylation is 1. The highest BCUT2D eigenvalue weighted by Gasteiger charge is 2.15. The molecule has 1 aromatic heterocycles. The quantitative estimate of drug-likeness (QED) is 0.0815. The second kappa shape index (κ2) is 14.7. The van der Waals surface area contributed by atoms with Crippen molar-refractivity contribution in [1.29, 1.82) is 5.41 Å². The summed E-state index contributed by atoms with van der Waals surface area (Å²) in [4.78, 5) is 31.9. The van der Waals surface area contributed by atoms with Crippen molar-refractivity contribution in [3.8, 4) is 5.75 Å². The number of hydrogen-bond donors (Lipinski definition) is 6. The number of anilines is 3. The molecule has 11 nitrogen and oxygen atoms in total. The van der Waals surface area contributed by atoms with Gasteiger partial charge in [0.25, 0.3) is 0 Å². The van der Waals surface area contributed by atoms with E-state index >= 15 is 0 Å². The monoisotopic (exact) mass is 506 g/mol. The summed E-state index contributed by atoms with van der Waals surface area (Å²) < 4.78 is 5.41. The number of carbonyl (C=O) groups excluding carboxylic acids is 2. The fourth-order valence-corrected chi connectivity index (χ4v) is 3.41. The van der Waals surface area contributed by atoms with Crippen molar-refractivity contribution >= 4 is 35.9 Å².